The van der Waals surface area contributed by atoms with Gasteiger partial charge in [0.1, 0.15) is 5.82 Å². The maximum absolute atomic E-state index is 12.9. The van der Waals surface area contributed by atoms with Crippen LogP contribution in [0.2, 0.25) is 0 Å². The first-order chi connectivity index (χ1) is 17.3. The number of rotatable bonds is 7. The Morgan fingerprint density at radius 3 is 2.31 bits per heavy atom. The number of carbonyl (C=O) groups excluding carboxylic acids is 1. The Kier molecular flexibility index (Phi) is 10.1. The molecule has 4 rings (SSSR count). The smallest absolute Gasteiger partial charge is 0.414 e. The summed E-state index contributed by atoms with van der Waals surface area (Å²) in [4.78, 5) is 39.3. The molecule has 3 aromatic rings. The van der Waals surface area contributed by atoms with Crippen molar-refractivity contribution in [2.24, 2.45) is 0 Å². The molecule has 1 aliphatic rings. The number of carboxylic acids is 2. The van der Waals surface area contributed by atoms with Crippen LogP contribution in [0.1, 0.15) is 46.7 Å². The summed E-state index contributed by atoms with van der Waals surface area (Å²) < 4.78 is 23.5. The average Bonchev–Trinajstić information content (AvgIpc) is 3.44. The first-order valence-electron chi connectivity index (χ1n) is 11.3. The van der Waals surface area contributed by atoms with Gasteiger partial charge in [0, 0.05) is 17.8 Å². The number of carbonyl (C=O) groups is 3. The number of thiophene rings is 1. The highest BCUT2D eigenvalue weighted by Gasteiger charge is 2.15. The quantitative estimate of drug-likeness (QED) is 0.349. The zero-order valence-corrected chi connectivity index (χ0v) is 20.2. The van der Waals surface area contributed by atoms with Crippen molar-refractivity contribution in [1.29, 1.82) is 0 Å². The highest BCUT2D eigenvalue weighted by atomic mass is 32.1. The lowest BCUT2D eigenvalue weighted by molar-refractivity contribution is -0.159. The third-order valence-electron chi connectivity index (χ3n) is 5.24. The van der Waals surface area contributed by atoms with Crippen molar-refractivity contribution in [3.63, 3.8) is 0 Å². The Morgan fingerprint density at radius 2 is 1.67 bits per heavy atom. The molecule has 3 heterocycles. The minimum atomic E-state index is -1.82. The fraction of sp³-hybridized carbons (Fsp3) is 0.375. The van der Waals surface area contributed by atoms with Crippen LogP contribution in [0, 0.1) is 5.82 Å². The monoisotopic (exact) mass is 519 g/mol. The molecule has 0 bridgehead atoms. The van der Waals surface area contributed by atoms with Crippen molar-refractivity contribution in [1.82, 2.24) is 15.0 Å². The maximum atomic E-state index is 12.9. The van der Waals surface area contributed by atoms with Crippen LogP contribution in [0.4, 0.5) is 4.39 Å². The summed E-state index contributed by atoms with van der Waals surface area (Å²) in [5, 5.41) is 18.8. The molecule has 0 unspecified atom stereocenters. The topological polar surface area (TPSA) is 143 Å². The number of aliphatic carboxylic acids is 2. The number of carboxylic acid groups (broad SMARTS) is 2. The van der Waals surface area contributed by atoms with E-state index in [9.17, 15) is 9.18 Å². The molecule has 0 saturated carbocycles. The van der Waals surface area contributed by atoms with Crippen molar-refractivity contribution >= 4 is 29.2 Å². The lowest BCUT2D eigenvalue weighted by Gasteiger charge is -2.18. The fourth-order valence-electron chi connectivity index (χ4n) is 3.45. The molecule has 0 amide bonds. The highest BCUT2D eigenvalue weighted by molar-refractivity contribution is 7.15. The number of likely N-dealkylation sites (tertiary alicyclic amines) is 1. The largest absolute Gasteiger partial charge is 0.473 e. The summed E-state index contributed by atoms with van der Waals surface area (Å²) in [5.41, 5.74) is 0.306. The summed E-state index contributed by atoms with van der Waals surface area (Å²) >= 11 is 1.67. The number of ether oxygens (including phenoxy) is 1. The first-order valence-corrected chi connectivity index (χ1v) is 12.2. The lowest BCUT2D eigenvalue weighted by Crippen LogP contribution is -2.23. The van der Waals surface area contributed by atoms with Crippen LogP contribution in [0.5, 0.6) is 0 Å². The van der Waals surface area contributed by atoms with E-state index in [4.69, 9.17) is 29.1 Å². The van der Waals surface area contributed by atoms with E-state index in [1.807, 2.05) is 6.07 Å². The summed E-state index contributed by atoms with van der Waals surface area (Å²) in [6, 6.07) is 9.38. The van der Waals surface area contributed by atoms with Crippen molar-refractivity contribution in [2.75, 3.05) is 19.7 Å². The van der Waals surface area contributed by atoms with Gasteiger partial charge in [0.2, 0.25) is 0 Å². The lowest BCUT2D eigenvalue weighted by atomic mass is 10.2. The van der Waals surface area contributed by atoms with Crippen molar-refractivity contribution in [3.8, 4) is 10.8 Å². The van der Waals surface area contributed by atoms with Crippen LogP contribution in [0.15, 0.2) is 40.9 Å². The van der Waals surface area contributed by atoms with Crippen LogP contribution in [0.3, 0.4) is 0 Å². The number of aromatic nitrogens is 2. The van der Waals surface area contributed by atoms with Gasteiger partial charge < -0.3 is 19.5 Å². The number of esters is 1. The molecule has 2 aromatic heterocycles. The van der Waals surface area contributed by atoms with E-state index in [0.717, 1.165) is 24.5 Å². The van der Waals surface area contributed by atoms with Gasteiger partial charge in [-0.25, -0.2) is 18.8 Å². The van der Waals surface area contributed by atoms with Gasteiger partial charge in [-0.1, -0.05) is 18.0 Å². The molecule has 1 fully saturated rings. The van der Waals surface area contributed by atoms with Crippen LogP contribution in [-0.2, 0) is 27.3 Å². The molecule has 1 saturated heterocycles. The van der Waals surface area contributed by atoms with E-state index in [0.29, 0.717) is 23.7 Å². The number of halogens is 1. The predicted molar refractivity (Wildman–Crippen MR) is 127 cm³/mol. The van der Waals surface area contributed by atoms with Crippen molar-refractivity contribution in [2.45, 2.75) is 38.6 Å². The third kappa shape index (κ3) is 8.54. The van der Waals surface area contributed by atoms with Crippen molar-refractivity contribution in [3.05, 3.63) is 58.5 Å². The molecule has 0 radical (unpaired) electrons. The summed E-state index contributed by atoms with van der Waals surface area (Å²) in [7, 11) is 0. The van der Waals surface area contributed by atoms with Gasteiger partial charge >= 0.3 is 17.9 Å². The van der Waals surface area contributed by atoms with Crippen LogP contribution >= 0.6 is 11.3 Å². The molecule has 36 heavy (non-hydrogen) atoms. The minimum absolute atomic E-state index is 0.125. The number of hydrogen-bond acceptors (Lipinski definition) is 9. The van der Waals surface area contributed by atoms with E-state index in [-0.39, 0.29) is 6.61 Å². The second-order valence-electron chi connectivity index (χ2n) is 7.98. The fourth-order valence-corrected chi connectivity index (χ4v) is 4.42. The number of nitrogens with zero attached hydrogens (tertiary/aromatic N) is 3. The van der Waals surface area contributed by atoms with Gasteiger partial charge in [0.15, 0.2) is 5.82 Å². The Bertz CT molecular complexity index is 1140. The molecule has 192 valence electrons. The minimum Gasteiger partial charge on any atom is -0.473 e. The zero-order valence-electron chi connectivity index (χ0n) is 19.4. The second kappa shape index (κ2) is 13.4. The molecule has 10 nitrogen and oxygen atoms in total. The highest BCUT2D eigenvalue weighted by Crippen LogP contribution is 2.28. The van der Waals surface area contributed by atoms with Gasteiger partial charge in [0.25, 0.3) is 5.89 Å². The van der Waals surface area contributed by atoms with E-state index in [2.05, 4.69) is 21.1 Å². The SMILES string of the molecule is O=C(O)C(=O)O.O=C(OCCc1noc(-c2ccc(CN3CCCCCC3)s2)n1)c1ccc(F)cc1. The maximum Gasteiger partial charge on any atom is 0.414 e. The Hall–Kier alpha value is -3.64. The number of hydrogen-bond donors (Lipinski definition) is 2. The average molecular weight is 520 g/mol. The Balaban J connectivity index is 0.000000538. The Labute approximate surface area is 210 Å². The molecule has 0 spiro atoms. The molecule has 0 atom stereocenters. The standard InChI is InChI=1S/C22H24FN3O3S.C2H2O4/c23-17-7-5-16(6-8-17)22(27)28-14-11-20-24-21(29-25-20)19-10-9-18(30-19)15-26-12-3-1-2-4-13-26;3-1(4)2(5)6/h5-10H,1-4,11-15H2;(H,3,4)(H,5,6). The van der Waals surface area contributed by atoms with Crippen LogP contribution in [0.25, 0.3) is 10.8 Å². The van der Waals surface area contributed by atoms with E-state index >= 15 is 0 Å². The Morgan fingerprint density at radius 1 is 1.00 bits per heavy atom. The van der Waals surface area contributed by atoms with Gasteiger partial charge in [0.05, 0.1) is 17.0 Å². The van der Waals surface area contributed by atoms with Crippen molar-refractivity contribution < 1.29 is 38.2 Å². The number of benzene rings is 1. The van der Waals surface area contributed by atoms with E-state index < -0.39 is 23.7 Å². The van der Waals surface area contributed by atoms with E-state index in [1.54, 1.807) is 11.3 Å². The van der Waals surface area contributed by atoms with Gasteiger partial charge in [-0.05, 0) is 62.3 Å². The zero-order chi connectivity index (χ0) is 25.9. The van der Waals surface area contributed by atoms with Crippen LogP contribution in [-0.4, -0.2) is 62.9 Å². The van der Waals surface area contributed by atoms with Gasteiger partial charge in [-0.3, -0.25) is 4.90 Å². The first kappa shape index (κ1) is 27.0. The molecule has 12 heteroatoms. The molecule has 0 aliphatic carbocycles. The van der Waals surface area contributed by atoms with Gasteiger partial charge in [-0.15, -0.1) is 11.3 Å². The predicted octanol–water partition coefficient (Wildman–Crippen LogP) is 3.87. The molecule has 1 aromatic carbocycles. The van der Waals surface area contributed by atoms with Gasteiger partial charge in [-0.2, -0.15) is 4.98 Å². The third-order valence-corrected chi connectivity index (χ3v) is 6.30. The molecular weight excluding hydrogens is 493 g/mol. The molecule has 2 N–H and O–H groups in total. The summed E-state index contributed by atoms with van der Waals surface area (Å²) in [6.07, 6.45) is 5.56. The second-order valence-corrected chi connectivity index (χ2v) is 9.14. The molecule has 1 aliphatic heterocycles. The van der Waals surface area contributed by atoms with Crippen LogP contribution < -0.4 is 0 Å². The summed E-state index contributed by atoms with van der Waals surface area (Å²) in [5.74, 6) is -3.57. The van der Waals surface area contributed by atoms with E-state index in [1.165, 1.54) is 54.8 Å². The summed E-state index contributed by atoms with van der Waals surface area (Å²) in [6.45, 7) is 3.41. The normalized spacial score (nSPS) is 13.8. The molecular formula is C24H26FN3O7S.